The lowest BCUT2D eigenvalue weighted by Gasteiger charge is -2.13. The van der Waals surface area contributed by atoms with E-state index in [9.17, 15) is 5.11 Å². The third-order valence-corrected chi connectivity index (χ3v) is 8.32. The zero-order valence-corrected chi connectivity index (χ0v) is 23.6. The van der Waals surface area contributed by atoms with E-state index in [2.05, 4.69) is 115 Å². The number of aromatic amines is 1. The molecular formula is C37H28N4O. The normalized spacial score (nSPS) is 11.8. The molecule has 0 aliphatic rings. The standard InChI is InChI=1S/C37H28N4O/c1-21-17-22(2)19-23(18-21)29-20-31(39-36-26(29)11-8-16-33(36)42)27-12-7-15-32-35(27)40-37(41(32)3)28-13-6-10-25-24-9-4-5-14-30(24)38-34(25)28/h4-20,38,42H,1-3H3. The van der Waals surface area contributed by atoms with E-state index >= 15 is 0 Å². The maximum atomic E-state index is 10.9. The number of phenols is 1. The van der Waals surface area contributed by atoms with E-state index in [1.165, 1.54) is 21.9 Å². The fourth-order valence-electron chi connectivity index (χ4n) is 6.46. The predicted octanol–water partition coefficient (Wildman–Crippen LogP) is 9.08. The summed E-state index contributed by atoms with van der Waals surface area (Å²) in [5, 5.41) is 14.2. The van der Waals surface area contributed by atoms with Gasteiger partial charge in [-0.15, -0.1) is 0 Å². The lowest BCUT2D eigenvalue weighted by Crippen LogP contribution is -1.93. The minimum atomic E-state index is 0.166. The number of pyridine rings is 1. The Bertz CT molecular complexity index is 2340. The molecule has 0 atom stereocenters. The minimum absolute atomic E-state index is 0.166. The van der Waals surface area contributed by atoms with Gasteiger partial charge in [0.1, 0.15) is 17.1 Å². The van der Waals surface area contributed by atoms with Crippen molar-refractivity contribution in [2.45, 2.75) is 13.8 Å². The van der Waals surface area contributed by atoms with Gasteiger partial charge in [-0.3, -0.25) is 0 Å². The highest BCUT2D eigenvalue weighted by atomic mass is 16.3. The molecule has 0 spiro atoms. The van der Waals surface area contributed by atoms with Crippen LogP contribution in [0.15, 0.2) is 103 Å². The van der Waals surface area contributed by atoms with Crippen molar-refractivity contribution in [1.29, 1.82) is 0 Å². The number of rotatable bonds is 3. The maximum Gasteiger partial charge on any atom is 0.143 e. The highest BCUT2D eigenvalue weighted by Gasteiger charge is 2.19. The van der Waals surface area contributed by atoms with Gasteiger partial charge in [-0.05, 0) is 55.3 Å². The first kappa shape index (κ1) is 24.4. The second-order valence-corrected chi connectivity index (χ2v) is 11.2. The summed E-state index contributed by atoms with van der Waals surface area (Å²) < 4.78 is 2.16. The average Bonchev–Trinajstić information content (AvgIpc) is 3.54. The summed E-state index contributed by atoms with van der Waals surface area (Å²) in [5.74, 6) is 1.05. The van der Waals surface area contributed by atoms with E-state index in [0.717, 1.165) is 61.2 Å². The molecule has 0 saturated carbocycles. The SMILES string of the molecule is Cc1cc(C)cc(-c2cc(-c3cccc4c3nc(-c3cccc5c3[nH]c3ccccc35)n4C)nc3c(O)cccc23)c1. The van der Waals surface area contributed by atoms with Crippen molar-refractivity contribution in [1.82, 2.24) is 19.5 Å². The molecule has 0 bridgehead atoms. The molecule has 3 heterocycles. The summed E-state index contributed by atoms with van der Waals surface area (Å²) in [7, 11) is 2.07. The van der Waals surface area contributed by atoms with Crippen LogP contribution in [0.25, 0.3) is 77.5 Å². The van der Waals surface area contributed by atoms with Gasteiger partial charge in [0.2, 0.25) is 0 Å². The van der Waals surface area contributed by atoms with Crippen LogP contribution in [0.3, 0.4) is 0 Å². The van der Waals surface area contributed by atoms with E-state index in [1.54, 1.807) is 6.07 Å². The molecule has 8 rings (SSSR count). The van der Waals surface area contributed by atoms with Gasteiger partial charge in [-0.2, -0.15) is 0 Å². The molecule has 2 N–H and O–H groups in total. The van der Waals surface area contributed by atoms with Crippen molar-refractivity contribution in [2.75, 3.05) is 0 Å². The number of aromatic nitrogens is 4. The summed E-state index contributed by atoms with van der Waals surface area (Å²) in [6.07, 6.45) is 0. The number of benzene rings is 5. The Hall–Kier alpha value is -5.42. The lowest BCUT2D eigenvalue weighted by atomic mass is 9.95. The summed E-state index contributed by atoms with van der Waals surface area (Å²) >= 11 is 0. The van der Waals surface area contributed by atoms with E-state index in [0.29, 0.717) is 5.52 Å². The van der Waals surface area contributed by atoms with Crippen LogP contribution in [0, 0.1) is 13.8 Å². The summed E-state index contributed by atoms with van der Waals surface area (Å²) in [6.45, 7) is 4.23. The molecule has 0 amide bonds. The number of H-pyrrole nitrogens is 1. The van der Waals surface area contributed by atoms with Crippen LogP contribution in [0.4, 0.5) is 0 Å². The van der Waals surface area contributed by atoms with E-state index in [4.69, 9.17) is 9.97 Å². The number of nitrogens with zero attached hydrogens (tertiary/aromatic N) is 3. The highest BCUT2D eigenvalue weighted by Crippen LogP contribution is 2.39. The van der Waals surface area contributed by atoms with Gasteiger partial charge in [-0.25, -0.2) is 9.97 Å². The number of nitrogens with one attached hydrogen (secondary N) is 1. The molecule has 0 unspecified atom stereocenters. The van der Waals surface area contributed by atoms with Gasteiger partial charge in [0.15, 0.2) is 0 Å². The molecule has 5 aromatic carbocycles. The van der Waals surface area contributed by atoms with Gasteiger partial charge in [0.05, 0.1) is 22.2 Å². The van der Waals surface area contributed by atoms with Crippen LogP contribution < -0.4 is 0 Å². The predicted molar refractivity (Wildman–Crippen MR) is 173 cm³/mol. The Kier molecular flexibility index (Phi) is 5.25. The zero-order chi connectivity index (χ0) is 28.5. The Morgan fingerprint density at radius 3 is 2.21 bits per heavy atom. The first-order valence-corrected chi connectivity index (χ1v) is 14.1. The van der Waals surface area contributed by atoms with Crippen molar-refractivity contribution in [3.05, 3.63) is 114 Å². The molecule has 42 heavy (non-hydrogen) atoms. The number of phenolic OH excluding ortho intramolecular Hbond substituents is 1. The maximum absolute atomic E-state index is 10.9. The van der Waals surface area contributed by atoms with E-state index in [1.807, 2.05) is 12.1 Å². The Morgan fingerprint density at radius 2 is 1.36 bits per heavy atom. The second-order valence-electron chi connectivity index (χ2n) is 11.2. The number of aromatic hydroxyl groups is 1. The molecule has 0 aliphatic carbocycles. The highest BCUT2D eigenvalue weighted by molar-refractivity contribution is 6.12. The number of aryl methyl sites for hydroxylation is 3. The van der Waals surface area contributed by atoms with Crippen LogP contribution in [0.5, 0.6) is 5.75 Å². The molecule has 8 aromatic rings. The molecule has 5 nitrogen and oxygen atoms in total. The van der Waals surface area contributed by atoms with Gasteiger partial charge in [0, 0.05) is 39.8 Å². The van der Waals surface area contributed by atoms with E-state index < -0.39 is 0 Å². The Morgan fingerprint density at radius 1 is 0.643 bits per heavy atom. The molecule has 202 valence electrons. The number of para-hydroxylation sites is 4. The van der Waals surface area contributed by atoms with Gasteiger partial charge >= 0.3 is 0 Å². The Labute approximate surface area is 242 Å². The van der Waals surface area contributed by atoms with Crippen LogP contribution in [0.1, 0.15) is 11.1 Å². The minimum Gasteiger partial charge on any atom is -0.506 e. The van der Waals surface area contributed by atoms with Crippen LogP contribution >= 0.6 is 0 Å². The quantitative estimate of drug-likeness (QED) is 0.233. The van der Waals surface area contributed by atoms with Crippen molar-refractivity contribution in [3.8, 4) is 39.5 Å². The van der Waals surface area contributed by atoms with Crippen LogP contribution in [0.2, 0.25) is 0 Å². The third kappa shape index (κ3) is 3.63. The first-order valence-electron chi connectivity index (χ1n) is 14.1. The van der Waals surface area contributed by atoms with Crippen molar-refractivity contribution >= 4 is 43.7 Å². The van der Waals surface area contributed by atoms with Crippen LogP contribution in [-0.4, -0.2) is 24.6 Å². The fourth-order valence-corrected chi connectivity index (χ4v) is 6.46. The molecule has 0 radical (unpaired) electrons. The topological polar surface area (TPSA) is 66.7 Å². The molecular weight excluding hydrogens is 516 g/mol. The Balaban J connectivity index is 1.39. The molecule has 0 saturated heterocycles. The number of imidazole rings is 1. The largest absolute Gasteiger partial charge is 0.506 e. The third-order valence-electron chi connectivity index (χ3n) is 8.32. The number of hydrogen-bond acceptors (Lipinski definition) is 3. The fraction of sp³-hybridized carbons (Fsp3) is 0.0811. The van der Waals surface area contributed by atoms with Gasteiger partial charge in [-0.1, -0.05) is 83.9 Å². The number of hydrogen-bond donors (Lipinski definition) is 2. The summed E-state index contributed by atoms with van der Waals surface area (Å²) in [6, 6.07) is 35.3. The first-order chi connectivity index (χ1) is 20.5. The smallest absolute Gasteiger partial charge is 0.143 e. The van der Waals surface area contributed by atoms with Crippen LogP contribution in [-0.2, 0) is 7.05 Å². The van der Waals surface area contributed by atoms with Gasteiger partial charge in [0.25, 0.3) is 0 Å². The molecule has 0 fully saturated rings. The zero-order valence-electron chi connectivity index (χ0n) is 23.6. The van der Waals surface area contributed by atoms with E-state index in [-0.39, 0.29) is 5.75 Å². The average molecular weight is 545 g/mol. The van der Waals surface area contributed by atoms with Crippen molar-refractivity contribution < 1.29 is 5.11 Å². The monoisotopic (exact) mass is 544 g/mol. The summed E-state index contributed by atoms with van der Waals surface area (Å²) in [5.41, 5.74) is 11.9. The van der Waals surface area contributed by atoms with Crippen molar-refractivity contribution in [2.24, 2.45) is 7.05 Å². The lowest BCUT2D eigenvalue weighted by molar-refractivity contribution is 0.480. The summed E-state index contributed by atoms with van der Waals surface area (Å²) in [4.78, 5) is 13.9. The second kappa shape index (κ2) is 9.05. The van der Waals surface area contributed by atoms with Crippen molar-refractivity contribution in [3.63, 3.8) is 0 Å². The molecule has 3 aromatic heterocycles. The molecule has 5 heteroatoms. The van der Waals surface area contributed by atoms with Gasteiger partial charge < -0.3 is 14.7 Å². The molecule has 0 aliphatic heterocycles. The number of fused-ring (bicyclic) bond motifs is 5.